The van der Waals surface area contributed by atoms with Gasteiger partial charge in [0.25, 0.3) is 0 Å². The summed E-state index contributed by atoms with van der Waals surface area (Å²) in [6.07, 6.45) is 3.47. The summed E-state index contributed by atoms with van der Waals surface area (Å²) in [5, 5.41) is 0. The molecule has 0 aliphatic carbocycles. The Morgan fingerprint density at radius 2 is 1.92 bits per heavy atom. The molecule has 1 aromatic rings. The fourth-order valence-electron chi connectivity index (χ4n) is 1.94. The molecule has 68 valence electrons. The summed E-state index contributed by atoms with van der Waals surface area (Å²) in [5.74, 6) is 0. The zero-order valence-corrected chi connectivity index (χ0v) is 8.20. The van der Waals surface area contributed by atoms with Gasteiger partial charge in [-0.05, 0) is 32.4 Å². The molecule has 0 saturated heterocycles. The highest BCUT2D eigenvalue weighted by Crippen LogP contribution is 2.28. The van der Waals surface area contributed by atoms with Crippen molar-refractivity contribution < 1.29 is 0 Å². The third-order valence-corrected chi connectivity index (χ3v) is 2.61. The summed E-state index contributed by atoms with van der Waals surface area (Å²) >= 11 is 0. The SMILES string of the molecule is CC1=CCC(C)N1c1ccccc1. The van der Waals surface area contributed by atoms with Crippen LogP contribution < -0.4 is 4.90 Å². The van der Waals surface area contributed by atoms with Crippen LogP contribution in [0.2, 0.25) is 0 Å². The average Bonchev–Trinajstić information content (AvgIpc) is 2.48. The van der Waals surface area contributed by atoms with Crippen LogP contribution >= 0.6 is 0 Å². The summed E-state index contributed by atoms with van der Waals surface area (Å²) in [4.78, 5) is 2.39. The number of anilines is 1. The Labute approximate surface area is 79.7 Å². The van der Waals surface area contributed by atoms with Gasteiger partial charge in [-0.25, -0.2) is 0 Å². The van der Waals surface area contributed by atoms with E-state index < -0.39 is 0 Å². The van der Waals surface area contributed by atoms with Crippen LogP contribution in [0.4, 0.5) is 5.69 Å². The molecule has 1 aliphatic rings. The van der Waals surface area contributed by atoms with Crippen molar-refractivity contribution in [3.05, 3.63) is 42.1 Å². The summed E-state index contributed by atoms with van der Waals surface area (Å²) in [6.45, 7) is 4.44. The largest absolute Gasteiger partial charge is 0.343 e. The van der Waals surface area contributed by atoms with Crippen molar-refractivity contribution in [2.75, 3.05) is 4.90 Å². The fraction of sp³-hybridized carbons (Fsp3) is 0.333. The van der Waals surface area contributed by atoms with Gasteiger partial charge in [-0.1, -0.05) is 24.3 Å². The van der Waals surface area contributed by atoms with Crippen LogP contribution in [-0.4, -0.2) is 6.04 Å². The van der Waals surface area contributed by atoms with E-state index in [0.29, 0.717) is 6.04 Å². The highest BCUT2D eigenvalue weighted by atomic mass is 15.2. The summed E-state index contributed by atoms with van der Waals surface area (Å²) < 4.78 is 0. The molecule has 0 bridgehead atoms. The number of para-hydroxylation sites is 1. The minimum atomic E-state index is 0.613. The maximum Gasteiger partial charge on any atom is 0.0410 e. The lowest BCUT2D eigenvalue weighted by Gasteiger charge is -2.26. The van der Waals surface area contributed by atoms with Crippen molar-refractivity contribution >= 4 is 5.69 Å². The molecule has 0 aromatic heterocycles. The minimum absolute atomic E-state index is 0.613. The first-order valence-corrected chi connectivity index (χ1v) is 4.80. The van der Waals surface area contributed by atoms with Gasteiger partial charge in [0, 0.05) is 17.4 Å². The average molecular weight is 173 g/mol. The van der Waals surface area contributed by atoms with Crippen molar-refractivity contribution in [3.63, 3.8) is 0 Å². The molecule has 0 fully saturated rings. The Hall–Kier alpha value is -1.24. The Balaban J connectivity index is 2.31. The molecular weight excluding hydrogens is 158 g/mol. The molecule has 0 saturated carbocycles. The molecule has 1 atom stereocenters. The van der Waals surface area contributed by atoms with E-state index in [1.807, 2.05) is 0 Å². The Morgan fingerprint density at radius 1 is 1.23 bits per heavy atom. The van der Waals surface area contributed by atoms with E-state index in [2.05, 4.69) is 55.2 Å². The summed E-state index contributed by atoms with van der Waals surface area (Å²) in [7, 11) is 0. The van der Waals surface area contributed by atoms with Crippen molar-refractivity contribution in [1.29, 1.82) is 0 Å². The number of hydrogen-bond acceptors (Lipinski definition) is 1. The van der Waals surface area contributed by atoms with Gasteiger partial charge in [0.05, 0.1) is 0 Å². The molecule has 0 spiro atoms. The Kier molecular flexibility index (Phi) is 2.09. The molecule has 1 aliphatic heterocycles. The molecule has 0 amide bonds. The third kappa shape index (κ3) is 1.46. The van der Waals surface area contributed by atoms with Crippen molar-refractivity contribution in [1.82, 2.24) is 0 Å². The van der Waals surface area contributed by atoms with Crippen molar-refractivity contribution in [3.8, 4) is 0 Å². The van der Waals surface area contributed by atoms with Gasteiger partial charge in [-0.2, -0.15) is 0 Å². The van der Waals surface area contributed by atoms with Crippen LogP contribution in [0, 0.1) is 0 Å². The third-order valence-electron chi connectivity index (χ3n) is 2.61. The molecule has 2 rings (SSSR count). The number of allylic oxidation sites excluding steroid dienone is 1. The second kappa shape index (κ2) is 3.25. The van der Waals surface area contributed by atoms with Crippen LogP contribution in [0.5, 0.6) is 0 Å². The molecule has 1 heteroatoms. The van der Waals surface area contributed by atoms with Gasteiger partial charge < -0.3 is 4.90 Å². The first-order chi connectivity index (χ1) is 6.29. The van der Waals surface area contributed by atoms with Crippen molar-refractivity contribution in [2.24, 2.45) is 0 Å². The van der Waals surface area contributed by atoms with Gasteiger partial charge in [0.2, 0.25) is 0 Å². The van der Waals surface area contributed by atoms with Gasteiger partial charge >= 0.3 is 0 Å². The summed E-state index contributed by atoms with van der Waals surface area (Å²) in [6, 6.07) is 11.2. The predicted octanol–water partition coefficient (Wildman–Crippen LogP) is 3.19. The van der Waals surface area contributed by atoms with E-state index in [-0.39, 0.29) is 0 Å². The molecule has 1 unspecified atom stereocenters. The van der Waals surface area contributed by atoms with Gasteiger partial charge in [0.15, 0.2) is 0 Å². The van der Waals surface area contributed by atoms with E-state index in [4.69, 9.17) is 0 Å². The second-order valence-corrected chi connectivity index (χ2v) is 3.64. The van der Waals surface area contributed by atoms with E-state index in [1.165, 1.54) is 17.8 Å². The van der Waals surface area contributed by atoms with Gasteiger partial charge in [-0.3, -0.25) is 0 Å². The molecule has 1 nitrogen and oxygen atoms in total. The number of benzene rings is 1. The number of nitrogens with zero attached hydrogens (tertiary/aromatic N) is 1. The molecule has 0 N–H and O–H groups in total. The highest BCUT2D eigenvalue weighted by molar-refractivity contribution is 5.54. The lowest BCUT2D eigenvalue weighted by atomic mass is 10.2. The second-order valence-electron chi connectivity index (χ2n) is 3.64. The number of hydrogen-bond donors (Lipinski definition) is 0. The highest BCUT2D eigenvalue weighted by Gasteiger charge is 2.19. The predicted molar refractivity (Wildman–Crippen MR) is 56.8 cm³/mol. The number of rotatable bonds is 1. The van der Waals surface area contributed by atoms with E-state index in [0.717, 1.165) is 0 Å². The molecule has 0 radical (unpaired) electrons. The molecule has 1 aromatic carbocycles. The fourth-order valence-corrected chi connectivity index (χ4v) is 1.94. The Morgan fingerprint density at radius 3 is 2.46 bits per heavy atom. The molecule has 13 heavy (non-hydrogen) atoms. The lowest BCUT2D eigenvalue weighted by molar-refractivity contribution is 0.746. The Bertz CT molecular complexity index is 313. The van der Waals surface area contributed by atoms with E-state index in [9.17, 15) is 0 Å². The summed E-state index contributed by atoms with van der Waals surface area (Å²) in [5.41, 5.74) is 2.68. The van der Waals surface area contributed by atoms with Crippen LogP contribution in [0.25, 0.3) is 0 Å². The maximum atomic E-state index is 2.39. The van der Waals surface area contributed by atoms with Crippen LogP contribution in [-0.2, 0) is 0 Å². The topological polar surface area (TPSA) is 3.24 Å². The van der Waals surface area contributed by atoms with Crippen molar-refractivity contribution in [2.45, 2.75) is 26.3 Å². The van der Waals surface area contributed by atoms with Crippen LogP contribution in [0.1, 0.15) is 20.3 Å². The van der Waals surface area contributed by atoms with Gasteiger partial charge in [0.1, 0.15) is 0 Å². The first-order valence-electron chi connectivity index (χ1n) is 4.80. The normalized spacial score (nSPS) is 21.8. The van der Waals surface area contributed by atoms with Crippen LogP contribution in [0.15, 0.2) is 42.1 Å². The smallest absolute Gasteiger partial charge is 0.0410 e. The minimum Gasteiger partial charge on any atom is -0.343 e. The quantitative estimate of drug-likeness (QED) is 0.630. The van der Waals surface area contributed by atoms with E-state index in [1.54, 1.807) is 0 Å². The zero-order valence-electron chi connectivity index (χ0n) is 8.20. The lowest BCUT2D eigenvalue weighted by Crippen LogP contribution is -2.25. The maximum absolute atomic E-state index is 2.39. The van der Waals surface area contributed by atoms with Gasteiger partial charge in [-0.15, -0.1) is 0 Å². The zero-order chi connectivity index (χ0) is 9.26. The first kappa shape index (κ1) is 8.36. The monoisotopic (exact) mass is 173 g/mol. The molecular formula is C12H15N. The van der Waals surface area contributed by atoms with Crippen LogP contribution in [0.3, 0.4) is 0 Å². The van der Waals surface area contributed by atoms with E-state index >= 15 is 0 Å². The standard InChI is InChI=1S/C12H15N/c1-10-8-9-11(2)13(10)12-6-4-3-5-7-12/h3-8,11H,9H2,1-2H3. The molecule has 1 heterocycles.